The van der Waals surface area contributed by atoms with Crippen molar-refractivity contribution in [2.45, 2.75) is 52.1 Å². The zero-order valence-corrected chi connectivity index (χ0v) is 16.6. The Bertz CT molecular complexity index is 924. The minimum atomic E-state index is 0.308. The first kappa shape index (κ1) is 18.5. The minimum absolute atomic E-state index is 0.308. The molecular formula is C21H28N6O. The quantitative estimate of drug-likeness (QED) is 0.508. The van der Waals surface area contributed by atoms with Gasteiger partial charge in [-0.2, -0.15) is 5.10 Å². The number of nitrogens with one attached hydrogen (secondary N) is 2. The highest BCUT2D eigenvalue weighted by Crippen LogP contribution is 2.19. The first-order chi connectivity index (χ1) is 13.7. The van der Waals surface area contributed by atoms with Gasteiger partial charge < -0.3 is 15.1 Å². The second kappa shape index (κ2) is 8.46. The molecule has 0 radical (unpaired) electrons. The van der Waals surface area contributed by atoms with Crippen molar-refractivity contribution in [1.82, 2.24) is 25.4 Å². The van der Waals surface area contributed by atoms with Gasteiger partial charge in [0.05, 0.1) is 6.54 Å². The Morgan fingerprint density at radius 3 is 3.04 bits per heavy atom. The highest BCUT2D eigenvalue weighted by molar-refractivity contribution is 5.80. The normalized spacial score (nSPS) is 16.9. The van der Waals surface area contributed by atoms with E-state index < -0.39 is 0 Å². The van der Waals surface area contributed by atoms with Gasteiger partial charge in [0.25, 0.3) is 0 Å². The zero-order valence-electron chi connectivity index (χ0n) is 16.6. The van der Waals surface area contributed by atoms with Crippen molar-refractivity contribution in [3.8, 4) is 0 Å². The van der Waals surface area contributed by atoms with Gasteiger partial charge in [-0.25, -0.2) is 9.67 Å². The van der Waals surface area contributed by atoms with E-state index in [-0.39, 0.29) is 0 Å². The minimum Gasteiger partial charge on any atom is -0.461 e. The van der Waals surface area contributed by atoms with Gasteiger partial charge in [0.1, 0.15) is 17.2 Å². The first-order valence-electron chi connectivity index (χ1n) is 10.2. The molecule has 0 saturated heterocycles. The van der Waals surface area contributed by atoms with E-state index in [1.165, 1.54) is 0 Å². The smallest absolute Gasteiger partial charge is 0.191 e. The number of rotatable bonds is 6. The van der Waals surface area contributed by atoms with Crippen LogP contribution in [0.4, 0.5) is 0 Å². The van der Waals surface area contributed by atoms with Gasteiger partial charge in [0.15, 0.2) is 11.8 Å². The van der Waals surface area contributed by atoms with Gasteiger partial charge in [-0.15, -0.1) is 0 Å². The number of furan rings is 1. The highest BCUT2D eigenvalue weighted by atomic mass is 16.3. The SMILES string of the molecule is CCNC(=NCCc1cc2ccccc2o1)NC1CCc2nc(CC)nn2C1. The van der Waals surface area contributed by atoms with Crippen LogP contribution in [0.1, 0.15) is 37.7 Å². The molecular weight excluding hydrogens is 352 g/mol. The average Bonchev–Trinajstić information content (AvgIpc) is 3.30. The number of hydrogen-bond donors (Lipinski definition) is 2. The molecule has 2 aromatic heterocycles. The molecule has 1 aromatic carbocycles. The molecule has 1 atom stereocenters. The lowest BCUT2D eigenvalue weighted by atomic mass is 10.1. The largest absolute Gasteiger partial charge is 0.461 e. The van der Waals surface area contributed by atoms with Gasteiger partial charge in [0, 0.05) is 43.8 Å². The van der Waals surface area contributed by atoms with Crippen molar-refractivity contribution in [3.05, 3.63) is 47.7 Å². The van der Waals surface area contributed by atoms with Crippen molar-refractivity contribution >= 4 is 16.9 Å². The third kappa shape index (κ3) is 4.18. The lowest BCUT2D eigenvalue weighted by Gasteiger charge is -2.25. The zero-order chi connectivity index (χ0) is 19.3. The van der Waals surface area contributed by atoms with Gasteiger partial charge >= 0.3 is 0 Å². The first-order valence-corrected chi connectivity index (χ1v) is 10.2. The van der Waals surface area contributed by atoms with Gasteiger partial charge in [-0.05, 0) is 25.5 Å². The number of aliphatic imine (C=N–C) groups is 1. The number of nitrogens with zero attached hydrogens (tertiary/aromatic N) is 4. The third-order valence-electron chi connectivity index (χ3n) is 5.01. The van der Waals surface area contributed by atoms with Gasteiger partial charge in [-0.1, -0.05) is 25.1 Å². The molecule has 0 amide bonds. The third-order valence-corrected chi connectivity index (χ3v) is 5.01. The molecule has 7 nitrogen and oxygen atoms in total. The molecule has 7 heteroatoms. The summed E-state index contributed by atoms with van der Waals surface area (Å²) in [6.45, 7) is 6.51. The molecule has 1 aliphatic rings. The van der Waals surface area contributed by atoms with Crippen LogP contribution in [0.15, 0.2) is 39.7 Å². The highest BCUT2D eigenvalue weighted by Gasteiger charge is 2.22. The molecule has 1 aliphatic heterocycles. The maximum absolute atomic E-state index is 5.88. The summed E-state index contributed by atoms with van der Waals surface area (Å²) in [5.41, 5.74) is 0.934. The second-order valence-electron chi connectivity index (χ2n) is 7.12. The molecule has 0 fully saturated rings. The Morgan fingerprint density at radius 2 is 2.21 bits per heavy atom. The molecule has 0 bridgehead atoms. The summed E-state index contributed by atoms with van der Waals surface area (Å²) < 4.78 is 7.92. The van der Waals surface area contributed by atoms with Crippen molar-refractivity contribution in [1.29, 1.82) is 0 Å². The van der Waals surface area contributed by atoms with Crippen LogP contribution >= 0.6 is 0 Å². The monoisotopic (exact) mass is 380 g/mol. The average molecular weight is 380 g/mol. The van der Waals surface area contributed by atoms with Crippen molar-refractivity contribution < 1.29 is 4.42 Å². The molecule has 0 saturated carbocycles. The van der Waals surface area contributed by atoms with Crippen LogP contribution in [0.5, 0.6) is 0 Å². The number of benzene rings is 1. The maximum Gasteiger partial charge on any atom is 0.191 e. The number of fused-ring (bicyclic) bond motifs is 2. The van der Waals surface area contributed by atoms with Crippen LogP contribution < -0.4 is 10.6 Å². The van der Waals surface area contributed by atoms with E-state index >= 15 is 0 Å². The lowest BCUT2D eigenvalue weighted by Crippen LogP contribution is -2.47. The maximum atomic E-state index is 5.88. The molecule has 4 rings (SSSR count). The summed E-state index contributed by atoms with van der Waals surface area (Å²) in [6, 6.07) is 10.5. The Morgan fingerprint density at radius 1 is 1.32 bits per heavy atom. The van der Waals surface area contributed by atoms with Crippen LogP contribution in [-0.2, 0) is 25.8 Å². The Balaban J connectivity index is 1.36. The van der Waals surface area contributed by atoms with Crippen LogP contribution in [0.25, 0.3) is 11.0 Å². The topological polar surface area (TPSA) is 80.3 Å². The molecule has 148 valence electrons. The van der Waals surface area contributed by atoms with Gasteiger partial charge in [-0.3, -0.25) is 4.99 Å². The number of hydrogen-bond acceptors (Lipinski definition) is 4. The molecule has 2 N–H and O–H groups in total. The molecule has 28 heavy (non-hydrogen) atoms. The Labute approximate surface area is 165 Å². The Kier molecular flexibility index (Phi) is 5.60. The van der Waals surface area contributed by atoms with Gasteiger partial charge in [0.2, 0.25) is 0 Å². The predicted octanol–water partition coefficient (Wildman–Crippen LogP) is 2.70. The fourth-order valence-corrected chi connectivity index (χ4v) is 3.58. The predicted molar refractivity (Wildman–Crippen MR) is 111 cm³/mol. The molecule has 1 unspecified atom stereocenters. The molecule has 3 heterocycles. The summed E-state index contributed by atoms with van der Waals surface area (Å²) in [5, 5.41) is 12.6. The van der Waals surface area contributed by atoms with E-state index in [2.05, 4.69) is 46.7 Å². The fourth-order valence-electron chi connectivity index (χ4n) is 3.58. The summed E-state index contributed by atoms with van der Waals surface area (Å²) >= 11 is 0. The number of guanidine groups is 1. The molecule has 3 aromatic rings. The Hall–Kier alpha value is -2.83. The standard InChI is InChI=1S/C21H28N6O/c1-3-19-25-20-10-9-16(14-27(20)26-19)24-21(22-4-2)23-12-11-17-13-15-7-5-6-8-18(15)28-17/h5-8,13,16H,3-4,9-12,14H2,1-2H3,(H2,22,23,24). The number of aromatic nitrogens is 3. The summed E-state index contributed by atoms with van der Waals surface area (Å²) in [4.78, 5) is 9.33. The summed E-state index contributed by atoms with van der Waals surface area (Å²) in [6.07, 6.45) is 3.64. The van der Waals surface area contributed by atoms with E-state index in [0.717, 1.165) is 73.1 Å². The number of aryl methyl sites for hydroxylation is 2. The second-order valence-corrected chi connectivity index (χ2v) is 7.12. The number of para-hydroxylation sites is 1. The summed E-state index contributed by atoms with van der Waals surface area (Å²) in [5.74, 6) is 3.85. The molecule has 0 aliphatic carbocycles. The lowest BCUT2D eigenvalue weighted by molar-refractivity contribution is 0.392. The summed E-state index contributed by atoms with van der Waals surface area (Å²) in [7, 11) is 0. The molecule has 0 spiro atoms. The van der Waals surface area contributed by atoms with Crippen molar-refractivity contribution in [2.24, 2.45) is 4.99 Å². The van der Waals surface area contributed by atoms with E-state index in [1.54, 1.807) is 0 Å². The van der Waals surface area contributed by atoms with Crippen LogP contribution in [0.3, 0.4) is 0 Å². The van der Waals surface area contributed by atoms with Crippen molar-refractivity contribution in [3.63, 3.8) is 0 Å². The van der Waals surface area contributed by atoms with Crippen molar-refractivity contribution in [2.75, 3.05) is 13.1 Å². The van der Waals surface area contributed by atoms with Crippen LogP contribution in [-0.4, -0.2) is 39.9 Å². The van der Waals surface area contributed by atoms with E-state index in [0.29, 0.717) is 12.6 Å². The van der Waals surface area contributed by atoms with E-state index in [4.69, 9.17) is 9.41 Å². The fraction of sp³-hybridized carbons (Fsp3) is 0.476. The van der Waals surface area contributed by atoms with E-state index in [9.17, 15) is 0 Å². The van der Waals surface area contributed by atoms with E-state index in [1.807, 2.05) is 22.9 Å². The van der Waals surface area contributed by atoms with Crippen LogP contribution in [0.2, 0.25) is 0 Å². The van der Waals surface area contributed by atoms with Crippen LogP contribution in [0, 0.1) is 0 Å².